The van der Waals surface area contributed by atoms with Gasteiger partial charge in [-0.25, -0.2) is 0 Å². The van der Waals surface area contributed by atoms with Crippen molar-refractivity contribution in [3.63, 3.8) is 0 Å². The lowest BCUT2D eigenvalue weighted by Crippen LogP contribution is -2.32. The molecule has 0 spiro atoms. The van der Waals surface area contributed by atoms with Gasteiger partial charge in [0.1, 0.15) is 0 Å². The summed E-state index contributed by atoms with van der Waals surface area (Å²) in [4.78, 5) is 2.44. The number of rotatable bonds is 6. The van der Waals surface area contributed by atoms with Gasteiger partial charge in [-0.15, -0.1) is 0 Å². The Morgan fingerprint density at radius 3 is 2.53 bits per heavy atom. The molecule has 0 aliphatic carbocycles. The van der Waals surface area contributed by atoms with Gasteiger partial charge >= 0.3 is 0 Å². The molecule has 1 heterocycles. The molecule has 0 aromatic carbocycles. The van der Waals surface area contributed by atoms with Gasteiger partial charge in [0.2, 0.25) is 0 Å². The average Bonchev–Trinajstić information content (AvgIpc) is 2.58. The Labute approximate surface area is 95.4 Å². The van der Waals surface area contributed by atoms with Crippen molar-refractivity contribution in [3.05, 3.63) is 0 Å². The lowest BCUT2D eigenvalue weighted by atomic mass is 10.0. The fraction of sp³-hybridized carbons (Fsp3) is 1.00. The molecule has 1 saturated heterocycles. The summed E-state index contributed by atoms with van der Waals surface area (Å²) in [7, 11) is 2.22. The molecule has 0 radical (unpaired) electrons. The van der Waals surface area contributed by atoms with E-state index >= 15 is 0 Å². The molecule has 1 aliphatic heterocycles. The van der Waals surface area contributed by atoms with Gasteiger partial charge < -0.3 is 10.2 Å². The fourth-order valence-corrected chi connectivity index (χ4v) is 2.25. The quantitative estimate of drug-likeness (QED) is 0.727. The Hall–Kier alpha value is -0.0800. The number of hydrogen-bond donors (Lipinski definition) is 1. The molecule has 90 valence electrons. The van der Waals surface area contributed by atoms with Crippen LogP contribution in [0.3, 0.4) is 0 Å². The van der Waals surface area contributed by atoms with Crippen molar-refractivity contribution in [2.45, 2.75) is 46.1 Å². The van der Waals surface area contributed by atoms with Crippen LogP contribution in [-0.4, -0.2) is 37.6 Å². The molecule has 1 N–H and O–H groups in total. The second-order valence-corrected chi connectivity index (χ2v) is 5.70. The lowest BCUT2D eigenvalue weighted by Gasteiger charge is -2.18. The molecular formula is C13H28N2. The maximum absolute atomic E-state index is 3.67. The largest absolute Gasteiger partial charge is 0.314 e. The van der Waals surface area contributed by atoms with Crippen LogP contribution in [0.25, 0.3) is 0 Å². The smallest absolute Gasteiger partial charge is 0.00389 e. The maximum atomic E-state index is 3.67. The topological polar surface area (TPSA) is 15.3 Å². The molecular weight excluding hydrogens is 184 g/mol. The molecule has 15 heavy (non-hydrogen) atoms. The second kappa shape index (κ2) is 6.49. The van der Waals surface area contributed by atoms with Gasteiger partial charge in [0.25, 0.3) is 0 Å². The first-order valence-corrected chi connectivity index (χ1v) is 6.50. The molecule has 2 heteroatoms. The molecule has 2 atom stereocenters. The van der Waals surface area contributed by atoms with Gasteiger partial charge in [0.05, 0.1) is 0 Å². The Morgan fingerprint density at radius 2 is 2.00 bits per heavy atom. The van der Waals surface area contributed by atoms with Crippen molar-refractivity contribution in [1.82, 2.24) is 10.2 Å². The van der Waals surface area contributed by atoms with Crippen molar-refractivity contribution in [2.75, 3.05) is 26.7 Å². The Morgan fingerprint density at radius 1 is 1.27 bits per heavy atom. The van der Waals surface area contributed by atoms with Crippen molar-refractivity contribution in [3.8, 4) is 0 Å². The van der Waals surface area contributed by atoms with E-state index in [9.17, 15) is 0 Å². The van der Waals surface area contributed by atoms with Crippen LogP contribution in [0.2, 0.25) is 0 Å². The second-order valence-electron chi connectivity index (χ2n) is 5.70. The first-order chi connectivity index (χ1) is 7.08. The minimum atomic E-state index is 0.693. The van der Waals surface area contributed by atoms with E-state index in [4.69, 9.17) is 0 Å². The molecule has 1 rings (SSSR count). The van der Waals surface area contributed by atoms with E-state index < -0.39 is 0 Å². The fourth-order valence-electron chi connectivity index (χ4n) is 2.25. The van der Waals surface area contributed by atoms with Crippen LogP contribution in [-0.2, 0) is 0 Å². The predicted molar refractivity (Wildman–Crippen MR) is 67.1 cm³/mol. The van der Waals surface area contributed by atoms with Crippen LogP contribution in [0.5, 0.6) is 0 Å². The van der Waals surface area contributed by atoms with Gasteiger partial charge in [-0.3, -0.25) is 0 Å². The summed E-state index contributed by atoms with van der Waals surface area (Å²) in [5.41, 5.74) is 0. The molecule has 1 fully saturated rings. The van der Waals surface area contributed by atoms with Crippen molar-refractivity contribution >= 4 is 0 Å². The highest BCUT2D eigenvalue weighted by Crippen LogP contribution is 2.13. The normalized spacial score (nSPS) is 25.0. The summed E-state index contributed by atoms with van der Waals surface area (Å²) in [6.07, 6.45) is 4.04. The van der Waals surface area contributed by atoms with Gasteiger partial charge in [-0.05, 0) is 58.2 Å². The maximum Gasteiger partial charge on any atom is 0.00389 e. The zero-order valence-corrected chi connectivity index (χ0v) is 10.9. The molecule has 0 amide bonds. The lowest BCUT2D eigenvalue weighted by molar-refractivity contribution is 0.372. The van der Waals surface area contributed by atoms with Crippen LogP contribution in [0, 0.1) is 11.8 Å². The van der Waals surface area contributed by atoms with Crippen LogP contribution in [0.15, 0.2) is 0 Å². The van der Waals surface area contributed by atoms with Crippen LogP contribution >= 0.6 is 0 Å². The first-order valence-electron chi connectivity index (χ1n) is 6.50. The van der Waals surface area contributed by atoms with Crippen LogP contribution in [0.1, 0.15) is 40.0 Å². The minimum absolute atomic E-state index is 0.693. The molecule has 0 saturated carbocycles. The summed E-state index contributed by atoms with van der Waals surface area (Å²) in [6, 6.07) is 0.693. The third-order valence-corrected chi connectivity index (χ3v) is 3.42. The molecule has 2 nitrogen and oxygen atoms in total. The van der Waals surface area contributed by atoms with E-state index in [1.165, 1.54) is 38.9 Å². The van der Waals surface area contributed by atoms with Gasteiger partial charge in [-0.2, -0.15) is 0 Å². The Kier molecular flexibility index (Phi) is 5.62. The van der Waals surface area contributed by atoms with Crippen LogP contribution in [0.4, 0.5) is 0 Å². The third kappa shape index (κ3) is 5.53. The number of nitrogens with zero attached hydrogens (tertiary/aromatic N) is 1. The summed E-state index contributed by atoms with van der Waals surface area (Å²) in [5.74, 6) is 1.73. The zero-order valence-electron chi connectivity index (χ0n) is 10.9. The van der Waals surface area contributed by atoms with Gasteiger partial charge in [0, 0.05) is 12.6 Å². The number of hydrogen-bond acceptors (Lipinski definition) is 2. The number of likely N-dealkylation sites (tertiary alicyclic amines) is 1. The highest BCUT2D eigenvalue weighted by molar-refractivity contribution is 4.76. The highest BCUT2D eigenvalue weighted by Gasteiger charge is 2.19. The molecule has 1 aliphatic rings. The predicted octanol–water partition coefficient (Wildman–Crippen LogP) is 2.35. The average molecular weight is 212 g/mol. The summed E-state index contributed by atoms with van der Waals surface area (Å²) >= 11 is 0. The minimum Gasteiger partial charge on any atom is -0.314 e. The molecule has 0 bridgehead atoms. The van der Waals surface area contributed by atoms with E-state index in [1.54, 1.807) is 0 Å². The van der Waals surface area contributed by atoms with E-state index in [2.05, 4.69) is 38.0 Å². The van der Waals surface area contributed by atoms with Gasteiger partial charge in [-0.1, -0.05) is 13.8 Å². The molecule has 0 aromatic heterocycles. The van der Waals surface area contributed by atoms with E-state index in [-0.39, 0.29) is 0 Å². The summed E-state index contributed by atoms with van der Waals surface area (Å²) < 4.78 is 0. The molecule has 2 unspecified atom stereocenters. The Bertz CT molecular complexity index is 168. The third-order valence-electron chi connectivity index (χ3n) is 3.42. The highest BCUT2D eigenvalue weighted by atomic mass is 15.1. The van der Waals surface area contributed by atoms with E-state index in [0.29, 0.717) is 6.04 Å². The monoisotopic (exact) mass is 212 g/mol. The van der Waals surface area contributed by atoms with Crippen molar-refractivity contribution in [1.29, 1.82) is 0 Å². The zero-order chi connectivity index (χ0) is 11.3. The summed E-state index contributed by atoms with van der Waals surface area (Å²) in [5, 5.41) is 3.67. The van der Waals surface area contributed by atoms with E-state index in [1.807, 2.05) is 0 Å². The van der Waals surface area contributed by atoms with Crippen LogP contribution < -0.4 is 5.32 Å². The van der Waals surface area contributed by atoms with Crippen molar-refractivity contribution in [2.24, 2.45) is 11.8 Å². The Balaban J connectivity index is 2.03. The number of nitrogens with one attached hydrogen (secondary N) is 1. The standard InChI is InChI=1S/C13H28N2/c1-11(2)5-6-12(3)14-9-13-7-8-15(4)10-13/h11-14H,5-10H2,1-4H3. The summed E-state index contributed by atoms with van der Waals surface area (Å²) in [6.45, 7) is 10.7. The first kappa shape index (κ1) is 13.0. The van der Waals surface area contributed by atoms with Crippen molar-refractivity contribution < 1.29 is 0 Å². The van der Waals surface area contributed by atoms with Gasteiger partial charge in [0.15, 0.2) is 0 Å². The molecule has 0 aromatic rings. The van der Waals surface area contributed by atoms with E-state index in [0.717, 1.165) is 11.8 Å². The SMILES string of the molecule is CC(C)CCC(C)NCC1CCN(C)C1.